The lowest BCUT2D eigenvalue weighted by molar-refractivity contribution is 0.628. The van der Waals surface area contributed by atoms with Crippen molar-refractivity contribution in [3.05, 3.63) is 84.4 Å². The van der Waals surface area contributed by atoms with Crippen LogP contribution < -0.4 is 16.0 Å². The Morgan fingerprint density at radius 3 is 2.58 bits per heavy atom. The molecule has 0 aliphatic rings. The highest BCUT2D eigenvalue weighted by atomic mass is 19.1. The fraction of sp³-hybridized carbons (Fsp3) is 0.0870. The molecule has 0 aliphatic carbocycles. The van der Waals surface area contributed by atoms with E-state index in [0.717, 1.165) is 5.56 Å². The molecule has 4 N–H and O–H groups in total. The van der Waals surface area contributed by atoms with Crippen molar-refractivity contribution >= 4 is 41.9 Å². The minimum Gasteiger partial charge on any atom is -0.369 e. The average molecular weight is 443 g/mol. The molecule has 10 heteroatoms. The van der Waals surface area contributed by atoms with Crippen LogP contribution in [0.2, 0.25) is 0 Å². The SMILES string of the molecule is C=Nc1cnc(N(C(N)=Nc2ccc(F)cc2)c2ccnc(N[C@@H](C)c3ccccc3)n2)[nH]1. The monoisotopic (exact) mass is 443 g/mol. The van der Waals surface area contributed by atoms with E-state index in [2.05, 4.69) is 42.0 Å². The summed E-state index contributed by atoms with van der Waals surface area (Å²) in [7, 11) is 0. The van der Waals surface area contributed by atoms with Crippen molar-refractivity contribution in [2.45, 2.75) is 13.0 Å². The Bertz CT molecular complexity index is 1250. The molecular weight excluding hydrogens is 421 g/mol. The first-order chi connectivity index (χ1) is 16.0. The van der Waals surface area contributed by atoms with Crippen LogP contribution in [0.5, 0.6) is 0 Å². The second-order valence-electron chi connectivity index (χ2n) is 7.05. The average Bonchev–Trinajstić information content (AvgIpc) is 3.30. The van der Waals surface area contributed by atoms with Gasteiger partial charge in [-0.2, -0.15) is 4.98 Å². The molecule has 166 valence electrons. The van der Waals surface area contributed by atoms with Crippen LogP contribution in [0.25, 0.3) is 0 Å². The van der Waals surface area contributed by atoms with E-state index in [9.17, 15) is 4.39 Å². The number of hydrogen-bond donors (Lipinski definition) is 3. The molecule has 9 nitrogen and oxygen atoms in total. The molecule has 2 heterocycles. The lowest BCUT2D eigenvalue weighted by Gasteiger charge is -2.21. The van der Waals surface area contributed by atoms with Crippen LogP contribution in [0, 0.1) is 5.82 Å². The number of hydrogen-bond acceptors (Lipinski definition) is 6. The largest absolute Gasteiger partial charge is 0.369 e. The molecule has 0 aliphatic heterocycles. The van der Waals surface area contributed by atoms with Crippen molar-refractivity contribution in [3.8, 4) is 0 Å². The quantitative estimate of drug-likeness (QED) is 0.283. The van der Waals surface area contributed by atoms with Crippen molar-refractivity contribution in [3.63, 3.8) is 0 Å². The van der Waals surface area contributed by atoms with Crippen molar-refractivity contribution in [1.29, 1.82) is 0 Å². The predicted molar refractivity (Wildman–Crippen MR) is 128 cm³/mol. The number of aromatic amines is 1. The molecule has 2 aromatic carbocycles. The molecule has 2 aromatic heterocycles. The predicted octanol–water partition coefficient (Wildman–Crippen LogP) is 4.63. The van der Waals surface area contributed by atoms with E-state index >= 15 is 0 Å². The summed E-state index contributed by atoms with van der Waals surface area (Å²) in [4.78, 5) is 26.0. The molecule has 0 saturated heterocycles. The summed E-state index contributed by atoms with van der Waals surface area (Å²) in [6.07, 6.45) is 3.12. The smallest absolute Gasteiger partial charge is 0.225 e. The number of rotatable bonds is 7. The van der Waals surface area contributed by atoms with Crippen LogP contribution in [0.1, 0.15) is 18.5 Å². The zero-order valence-electron chi connectivity index (χ0n) is 17.9. The number of anilines is 3. The second kappa shape index (κ2) is 9.69. The lowest BCUT2D eigenvalue weighted by Crippen LogP contribution is -2.34. The van der Waals surface area contributed by atoms with Crippen LogP contribution in [-0.2, 0) is 0 Å². The highest BCUT2D eigenvalue weighted by molar-refractivity contribution is 6.00. The second-order valence-corrected chi connectivity index (χ2v) is 7.05. The fourth-order valence-electron chi connectivity index (χ4n) is 3.09. The Morgan fingerprint density at radius 2 is 1.88 bits per heavy atom. The van der Waals surface area contributed by atoms with Gasteiger partial charge in [0.05, 0.1) is 17.9 Å². The van der Waals surface area contributed by atoms with Gasteiger partial charge in [0.25, 0.3) is 0 Å². The van der Waals surface area contributed by atoms with E-state index in [-0.39, 0.29) is 17.8 Å². The fourth-order valence-corrected chi connectivity index (χ4v) is 3.09. The molecule has 4 aromatic rings. The maximum Gasteiger partial charge on any atom is 0.225 e. The zero-order chi connectivity index (χ0) is 23.2. The molecule has 0 spiro atoms. The number of guanidine groups is 1. The summed E-state index contributed by atoms with van der Waals surface area (Å²) in [6, 6.07) is 17.3. The van der Waals surface area contributed by atoms with Gasteiger partial charge in [-0.3, -0.25) is 0 Å². The number of H-pyrrole nitrogens is 1. The normalized spacial score (nSPS) is 12.2. The zero-order valence-corrected chi connectivity index (χ0v) is 17.9. The number of nitrogens with two attached hydrogens (primary N) is 1. The van der Waals surface area contributed by atoms with Crippen LogP contribution in [0.3, 0.4) is 0 Å². The van der Waals surface area contributed by atoms with Gasteiger partial charge >= 0.3 is 0 Å². The highest BCUT2D eigenvalue weighted by Gasteiger charge is 2.20. The molecule has 0 fully saturated rings. The summed E-state index contributed by atoms with van der Waals surface area (Å²) in [6.45, 7) is 5.52. The van der Waals surface area contributed by atoms with E-state index < -0.39 is 0 Å². The maximum absolute atomic E-state index is 13.3. The first-order valence-corrected chi connectivity index (χ1v) is 10.1. The van der Waals surface area contributed by atoms with Crippen molar-refractivity contribution in [1.82, 2.24) is 19.9 Å². The molecule has 1 atom stereocenters. The van der Waals surface area contributed by atoms with E-state index in [4.69, 9.17) is 5.73 Å². The van der Waals surface area contributed by atoms with Crippen LogP contribution in [-0.4, -0.2) is 32.6 Å². The van der Waals surface area contributed by atoms with Gasteiger partial charge < -0.3 is 16.0 Å². The van der Waals surface area contributed by atoms with Crippen LogP contribution in [0.15, 0.2) is 83.0 Å². The molecule has 33 heavy (non-hydrogen) atoms. The Kier molecular flexibility index (Phi) is 6.35. The van der Waals surface area contributed by atoms with E-state index in [1.807, 2.05) is 37.3 Å². The van der Waals surface area contributed by atoms with Gasteiger partial charge in [0.1, 0.15) is 11.6 Å². The maximum atomic E-state index is 13.3. The van der Waals surface area contributed by atoms with Gasteiger partial charge in [0.15, 0.2) is 5.82 Å². The Hall–Kier alpha value is -4.60. The minimum absolute atomic E-state index is 0.0275. The van der Waals surface area contributed by atoms with Gasteiger partial charge in [-0.05, 0) is 43.5 Å². The number of benzene rings is 2. The number of aromatic nitrogens is 4. The standard InChI is InChI=1S/C23H22FN9/c1-15(16-6-4-3-5-7-16)29-22-27-13-12-20(32-22)33(23-28-14-19(26-2)31-23)21(25)30-18-10-8-17(24)9-11-18/h3-15H,2H2,1H3,(H2,25,30)(H,28,31)(H,27,29,32)/t15-/m0/s1. The minimum atomic E-state index is -0.365. The number of nitrogens with one attached hydrogen (secondary N) is 2. The molecule has 0 unspecified atom stereocenters. The third-order valence-electron chi connectivity index (χ3n) is 4.75. The first kappa shape index (κ1) is 21.6. The lowest BCUT2D eigenvalue weighted by atomic mass is 10.1. The topological polar surface area (TPSA) is 120 Å². The third kappa shape index (κ3) is 5.18. The van der Waals surface area contributed by atoms with Crippen LogP contribution in [0.4, 0.5) is 33.6 Å². The summed E-state index contributed by atoms with van der Waals surface area (Å²) >= 11 is 0. The number of nitrogens with zero attached hydrogens (tertiary/aromatic N) is 6. The Morgan fingerprint density at radius 1 is 1.12 bits per heavy atom. The molecule has 0 amide bonds. The third-order valence-corrected chi connectivity index (χ3v) is 4.75. The molecule has 0 bridgehead atoms. The summed E-state index contributed by atoms with van der Waals surface area (Å²) in [5.41, 5.74) is 7.90. The number of halogens is 1. The van der Waals surface area contributed by atoms with Gasteiger partial charge in [-0.15, -0.1) is 0 Å². The Balaban J connectivity index is 1.69. The van der Waals surface area contributed by atoms with Crippen LogP contribution >= 0.6 is 0 Å². The molecule has 4 rings (SSSR count). The van der Waals surface area contributed by atoms with E-state index in [1.54, 1.807) is 12.3 Å². The summed E-state index contributed by atoms with van der Waals surface area (Å²) in [5, 5.41) is 3.29. The van der Waals surface area contributed by atoms with Gasteiger partial charge in [-0.1, -0.05) is 30.3 Å². The van der Waals surface area contributed by atoms with Gasteiger partial charge in [0, 0.05) is 12.3 Å². The first-order valence-electron chi connectivity index (χ1n) is 10.1. The van der Waals surface area contributed by atoms with E-state index in [0.29, 0.717) is 29.2 Å². The number of imidazole rings is 1. The van der Waals surface area contributed by atoms with Crippen molar-refractivity contribution < 1.29 is 4.39 Å². The van der Waals surface area contributed by atoms with Crippen molar-refractivity contribution in [2.75, 3.05) is 10.2 Å². The summed E-state index contributed by atoms with van der Waals surface area (Å²) in [5.74, 6) is 1.30. The molecule has 0 saturated carbocycles. The van der Waals surface area contributed by atoms with Crippen molar-refractivity contribution in [2.24, 2.45) is 15.7 Å². The Labute approximate surface area is 190 Å². The molecular formula is C23H22FN9. The highest BCUT2D eigenvalue weighted by Crippen LogP contribution is 2.25. The molecule has 0 radical (unpaired) electrons. The summed E-state index contributed by atoms with van der Waals surface area (Å²) < 4.78 is 13.3. The van der Waals surface area contributed by atoms with Gasteiger partial charge in [0.2, 0.25) is 17.9 Å². The van der Waals surface area contributed by atoms with E-state index in [1.165, 1.54) is 35.4 Å². The van der Waals surface area contributed by atoms with Gasteiger partial charge in [-0.25, -0.2) is 29.2 Å². The number of aliphatic imine (C=N–C) groups is 2.